The van der Waals surface area contributed by atoms with Crippen molar-refractivity contribution >= 4 is 47.0 Å². The van der Waals surface area contributed by atoms with Crippen LogP contribution in [0.15, 0.2) is 29.3 Å². The van der Waals surface area contributed by atoms with Crippen LogP contribution in [-0.2, 0) is 6.42 Å². The van der Waals surface area contributed by atoms with Crippen LogP contribution >= 0.6 is 35.3 Å². The molecule has 0 saturated carbocycles. The van der Waals surface area contributed by atoms with Crippen molar-refractivity contribution in [2.45, 2.75) is 27.2 Å². The topological polar surface area (TPSA) is 53.0 Å². The molecule has 1 aromatic carbocycles. The molecule has 2 heterocycles. The summed E-state index contributed by atoms with van der Waals surface area (Å²) < 4.78 is 5.52. The third-order valence-electron chi connectivity index (χ3n) is 4.94. The Kier molecular flexibility index (Phi) is 9.48. The van der Waals surface area contributed by atoms with Crippen molar-refractivity contribution in [2.24, 2.45) is 4.99 Å². The maximum absolute atomic E-state index is 5.52. The first-order valence-electron chi connectivity index (χ1n) is 9.96. The number of hydrogen-bond donors (Lipinski definition) is 1. The molecule has 0 atom stereocenters. The van der Waals surface area contributed by atoms with Gasteiger partial charge in [-0.2, -0.15) is 0 Å². The molecule has 1 N–H and O–H groups in total. The largest absolute Gasteiger partial charge is 0.495 e. The fourth-order valence-electron chi connectivity index (χ4n) is 3.54. The molecule has 160 valence electrons. The van der Waals surface area contributed by atoms with E-state index in [0.717, 1.165) is 68.1 Å². The summed E-state index contributed by atoms with van der Waals surface area (Å²) in [7, 11) is 1.73. The SMILES string of the molecule is CCNC(=NCCc1sc(C)nc1C)N1CCN(c2ccccc2OC)CC1.I. The second-order valence-electron chi connectivity index (χ2n) is 6.87. The predicted octanol–water partition coefficient (Wildman–Crippen LogP) is 3.72. The number of methoxy groups -OCH3 is 1. The number of benzene rings is 1. The molecule has 0 spiro atoms. The van der Waals surface area contributed by atoms with E-state index in [4.69, 9.17) is 9.73 Å². The van der Waals surface area contributed by atoms with Gasteiger partial charge in [-0.25, -0.2) is 4.98 Å². The Hall–Kier alpha value is -1.55. The van der Waals surface area contributed by atoms with Crippen molar-refractivity contribution in [1.82, 2.24) is 15.2 Å². The highest BCUT2D eigenvalue weighted by molar-refractivity contribution is 14.0. The molecule has 0 amide bonds. The Labute approximate surface area is 195 Å². The molecule has 0 unspecified atom stereocenters. The van der Waals surface area contributed by atoms with Gasteiger partial charge in [0.15, 0.2) is 5.96 Å². The number of guanidine groups is 1. The highest BCUT2D eigenvalue weighted by Crippen LogP contribution is 2.28. The zero-order chi connectivity index (χ0) is 19.9. The highest BCUT2D eigenvalue weighted by Gasteiger charge is 2.21. The molecule has 0 radical (unpaired) electrons. The van der Waals surface area contributed by atoms with Crippen molar-refractivity contribution in [1.29, 1.82) is 0 Å². The number of thiazole rings is 1. The number of anilines is 1. The smallest absolute Gasteiger partial charge is 0.194 e. The van der Waals surface area contributed by atoms with Crippen LogP contribution in [0.2, 0.25) is 0 Å². The van der Waals surface area contributed by atoms with E-state index in [0.29, 0.717) is 0 Å². The van der Waals surface area contributed by atoms with E-state index in [1.54, 1.807) is 18.4 Å². The predicted molar refractivity (Wildman–Crippen MR) is 133 cm³/mol. The molecule has 0 aliphatic carbocycles. The molecular weight excluding hydrogens is 497 g/mol. The number of hydrogen-bond acceptors (Lipinski definition) is 5. The molecule has 6 nitrogen and oxygen atoms in total. The summed E-state index contributed by atoms with van der Waals surface area (Å²) in [5.74, 6) is 1.95. The Morgan fingerprint density at radius 2 is 1.93 bits per heavy atom. The molecule has 1 aliphatic rings. The van der Waals surface area contributed by atoms with Gasteiger partial charge in [0.2, 0.25) is 0 Å². The van der Waals surface area contributed by atoms with Gasteiger partial charge in [-0.05, 0) is 32.9 Å². The van der Waals surface area contributed by atoms with E-state index in [9.17, 15) is 0 Å². The summed E-state index contributed by atoms with van der Waals surface area (Å²) in [4.78, 5) is 15.5. The minimum Gasteiger partial charge on any atom is -0.495 e. The summed E-state index contributed by atoms with van der Waals surface area (Å²) in [6.07, 6.45) is 0.952. The Bertz CT molecular complexity index is 802. The maximum atomic E-state index is 5.52. The first-order chi connectivity index (χ1) is 13.6. The van der Waals surface area contributed by atoms with Crippen molar-refractivity contribution in [3.05, 3.63) is 39.8 Å². The molecule has 1 saturated heterocycles. The lowest BCUT2D eigenvalue weighted by molar-refractivity contribution is 0.367. The number of nitrogens with zero attached hydrogens (tertiary/aromatic N) is 4. The Morgan fingerprint density at radius 3 is 2.55 bits per heavy atom. The number of para-hydroxylation sites is 2. The summed E-state index contributed by atoms with van der Waals surface area (Å²) >= 11 is 1.78. The van der Waals surface area contributed by atoms with Crippen molar-refractivity contribution in [3.63, 3.8) is 0 Å². The van der Waals surface area contributed by atoms with Gasteiger partial charge in [0.1, 0.15) is 5.75 Å². The first-order valence-corrected chi connectivity index (χ1v) is 10.8. The third kappa shape index (κ3) is 6.21. The van der Waals surface area contributed by atoms with Crippen LogP contribution in [0.5, 0.6) is 5.75 Å². The van der Waals surface area contributed by atoms with E-state index in [2.05, 4.69) is 53.0 Å². The van der Waals surface area contributed by atoms with E-state index < -0.39 is 0 Å². The van der Waals surface area contributed by atoms with Crippen molar-refractivity contribution < 1.29 is 4.74 Å². The van der Waals surface area contributed by atoms with E-state index >= 15 is 0 Å². The lowest BCUT2D eigenvalue weighted by Gasteiger charge is -2.38. The van der Waals surface area contributed by atoms with Crippen LogP contribution < -0.4 is 15.0 Å². The summed E-state index contributed by atoms with van der Waals surface area (Å²) in [5.41, 5.74) is 2.32. The zero-order valence-electron chi connectivity index (χ0n) is 17.8. The number of aliphatic imine (C=N–C) groups is 1. The van der Waals surface area contributed by atoms with Crippen LogP contribution in [-0.4, -0.2) is 62.2 Å². The molecule has 1 aromatic heterocycles. The number of aromatic nitrogens is 1. The lowest BCUT2D eigenvalue weighted by atomic mass is 10.2. The van der Waals surface area contributed by atoms with Crippen LogP contribution in [0, 0.1) is 13.8 Å². The van der Waals surface area contributed by atoms with Gasteiger partial charge in [-0.1, -0.05) is 12.1 Å². The highest BCUT2D eigenvalue weighted by atomic mass is 127. The zero-order valence-corrected chi connectivity index (χ0v) is 20.9. The van der Waals surface area contributed by atoms with Gasteiger partial charge in [-0.3, -0.25) is 4.99 Å². The molecule has 8 heteroatoms. The summed E-state index contributed by atoms with van der Waals surface area (Å²) in [5, 5.41) is 4.59. The monoisotopic (exact) mass is 529 g/mol. The van der Waals surface area contributed by atoms with Crippen LogP contribution in [0.3, 0.4) is 0 Å². The van der Waals surface area contributed by atoms with E-state index in [1.165, 1.54) is 10.6 Å². The normalized spacial score (nSPS) is 14.6. The van der Waals surface area contributed by atoms with Gasteiger partial charge in [0, 0.05) is 50.6 Å². The third-order valence-corrected chi connectivity index (χ3v) is 6.07. The number of rotatable bonds is 6. The van der Waals surface area contributed by atoms with Crippen LogP contribution in [0.25, 0.3) is 0 Å². The lowest BCUT2D eigenvalue weighted by Crippen LogP contribution is -2.52. The van der Waals surface area contributed by atoms with E-state index in [-0.39, 0.29) is 24.0 Å². The van der Waals surface area contributed by atoms with Gasteiger partial charge in [0.05, 0.1) is 23.5 Å². The Morgan fingerprint density at radius 1 is 1.21 bits per heavy atom. The van der Waals surface area contributed by atoms with Gasteiger partial charge >= 0.3 is 0 Å². The standard InChI is InChI=1S/C21H31N5OS.HI/c1-5-22-21(23-11-10-20-16(2)24-17(3)28-20)26-14-12-25(13-15-26)18-8-6-7-9-19(18)27-4;/h6-9H,5,10-15H2,1-4H3,(H,22,23);1H. The molecular formula is C21H32IN5OS. The first kappa shape index (κ1) is 23.7. The second kappa shape index (κ2) is 11.6. The van der Waals surface area contributed by atoms with Crippen LogP contribution in [0.4, 0.5) is 5.69 Å². The number of aryl methyl sites for hydroxylation is 2. The summed E-state index contributed by atoms with van der Waals surface area (Å²) in [6.45, 7) is 11.8. The molecule has 29 heavy (non-hydrogen) atoms. The number of ether oxygens (including phenoxy) is 1. The second-order valence-corrected chi connectivity index (χ2v) is 8.16. The minimum absolute atomic E-state index is 0. The van der Waals surface area contributed by atoms with Gasteiger partial charge in [0.25, 0.3) is 0 Å². The Balaban J connectivity index is 0.00000300. The molecule has 3 rings (SSSR count). The molecule has 1 fully saturated rings. The van der Waals surface area contributed by atoms with Crippen molar-refractivity contribution in [2.75, 3.05) is 51.3 Å². The quantitative estimate of drug-likeness (QED) is 0.351. The van der Waals surface area contributed by atoms with Crippen molar-refractivity contribution in [3.8, 4) is 5.75 Å². The van der Waals surface area contributed by atoms with Gasteiger partial charge in [-0.15, -0.1) is 35.3 Å². The van der Waals surface area contributed by atoms with Crippen LogP contribution in [0.1, 0.15) is 22.5 Å². The number of piperazine rings is 1. The minimum atomic E-state index is 0. The average molecular weight is 529 g/mol. The number of nitrogens with one attached hydrogen (secondary N) is 1. The summed E-state index contributed by atoms with van der Waals surface area (Å²) in [6, 6.07) is 8.24. The fraction of sp³-hybridized carbons (Fsp3) is 0.524. The fourth-order valence-corrected chi connectivity index (χ4v) is 4.47. The van der Waals surface area contributed by atoms with E-state index in [1.807, 2.05) is 12.1 Å². The number of halogens is 1. The average Bonchev–Trinajstić information content (AvgIpc) is 3.04. The molecule has 2 aromatic rings. The van der Waals surface area contributed by atoms with Gasteiger partial charge < -0.3 is 19.9 Å². The maximum Gasteiger partial charge on any atom is 0.194 e. The molecule has 1 aliphatic heterocycles. The molecule has 0 bridgehead atoms.